The quantitative estimate of drug-likeness (QED) is 0.671. The molecule has 0 spiro atoms. The van der Waals surface area contributed by atoms with Crippen LogP contribution < -0.4 is 5.73 Å². The molecule has 2 aromatic carbocycles. The predicted molar refractivity (Wildman–Crippen MR) is 84.4 cm³/mol. The number of ketones is 1. The predicted octanol–water partition coefficient (Wildman–Crippen LogP) is 3.74. The van der Waals surface area contributed by atoms with Crippen molar-refractivity contribution in [2.24, 2.45) is 11.8 Å². The highest BCUT2D eigenvalue weighted by molar-refractivity contribution is 6.01. The summed E-state index contributed by atoms with van der Waals surface area (Å²) in [6, 6.07) is 14.3. The van der Waals surface area contributed by atoms with Gasteiger partial charge in [0.15, 0.2) is 5.78 Å². The zero-order chi connectivity index (χ0) is 14.6. The number of aryl methyl sites for hydroxylation is 2. The lowest BCUT2D eigenvalue weighted by atomic mass is 9.92. The Morgan fingerprint density at radius 2 is 2.00 bits per heavy atom. The molecule has 2 N–H and O–H groups in total. The summed E-state index contributed by atoms with van der Waals surface area (Å²) in [5, 5.41) is 0. The van der Waals surface area contributed by atoms with Crippen LogP contribution in [0.4, 0.5) is 5.69 Å². The summed E-state index contributed by atoms with van der Waals surface area (Å²) in [7, 11) is 0. The lowest BCUT2D eigenvalue weighted by Gasteiger charge is -2.13. The SMILES string of the molecule is Cc1cc(C(=O)C2C3CCc4ccccc4C32)ccc1N. The number of carbonyl (C=O) groups excluding carboxylic acids is 1. The van der Waals surface area contributed by atoms with Gasteiger partial charge >= 0.3 is 0 Å². The van der Waals surface area contributed by atoms with Crippen molar-refractivity contribution in [1.29, 1.82) is 0 Å². The van der Waals surface area contributed by atoms with Crippen molar-refractivity contribution in [3.63, 3.8) is 0 Å². The third kappa shape index (κ3) is 1.90. The molecule has 3 atom stereocenters. The Hall–Kier alpha value is -2.09. The third-order valence-corrected chi connectivity index (χ3v) is 5.19. The Morgan fingerprint density at radius 1 is 1.19 bits per heavy atom. The molecule has 0 bridgehead atoms. The van der Waals surface area contributed by atoms with Crippen molar-refractivity contribution in [2.45, 2.75) is 25.7 Å². The van der Waals surface area contributed by atoms with Gasteiger partial charge in [0.25, 0.3) is 0 Å². The largest absolute Gasteiger partial charge is 0.399 e. The van der Waals surface area contributed by atoms with E-state index in [1.54, 1.807) is 0 Å². The van der Waals surface area contributed by atoms with Crippen LogP contribution in [-0.2, 0) is 6.42 Å². The molecule has 0 aromatic heterocycles. The van der Waals surface area contributed by atoms with Gasteiger partial charge in [0.1, 0.15) is 0 Å². The second kappa shape index (κ2) is 4.45. The fourth-order valence-electron chi connectivity index (χ4n) is 3.95. The van der Waals surface area contributed by atoms with E-state index < -0.39 is 0 Å². The van der Waals surface area contributed by atoms with Crippen LogP contribution in [-0.4, -0.2) is 5.78 Å². The van der Waals surface area contributed by atoms with E-state index in [0.29, 0.717) is 17.6 Å². The summed E-state index contributed by atoms with van der Waals surface area (Å²) in [4.78, 5) is 12.8. The van der Waals surface area contributed by atoms with E-state index in [4.69, 9.17) is 5.73 Å². The van der Waals surface area contributed by atoms with Crippen LogP contribution in [0.1, 0.15) is 39.4 Å². The maximum absolute atomic E-state index is 12.8. The van der Waals surface area contributed by atoms with Gasteiger partial charge in [-0.3, -0.25) is 4.79 Å². The molecule has 0 radical (unpaired) electrons. The van der Waals surface area contributed by atoms with Gasteiger partial charge in [-0.2, -0.15) is 0 Å². The first-order valence-corrected chi connectivity index (χ1v) is 7.65. The Morgan fingerprint density at radius 3 is 2.81 bits per heavy atom. The molecule has 1 fully saturated rings. The van der Waals surface area contributed by atoms with Gasteiger partial charge < -0.3 is 5.73 Å². The number of hydrogen-bond acceptors (Lipinski definition) is 2. The molecule has 21 heavy (non-hydrogen) atoms. The van der Waals surface area contributed by atoms with E-state index >= 15 is 0 Å². The van der Waals surface area contributed by atoms with E-state index in [9.17, 15) is 4.79 Å². The summed E-state index contributed by atoms with van der Waals surface area (Å²) in [6.45, 7) is 1.96. The standard InChI is InChI=1S/C19H19NO/c1-11-10-13(7-9-16(11)20)19(21)18-15-8-6-12-4-2-3-5-14(12)17(15)18/h2-5,7,9-10,15,17-18H,6,8,20H2,1H3. The van der Waals surface area contributed by atoms with Gasteiger partial charge in [0, 0.05) is 17.2 Å². The summed E-state index contributed by atoms with van der Waals surface area (Å²) in [5.74, 6) is 1.46. The number of benzene rings is 2. The molecule has 3 unspecified atom stereocenters. The van der Waals surface area contributed by atoms with Crippen LogP contribution in [0.25, 0.3) is 0 Å². The molecule has 2 nitrogen and oxygen atoms in total. The smallest absolute Gasteiger partial charge is 0.166 e. The number of carbonyl (C=O) groups is 1. The van der Waals surface area contributed by atoms with Crippen molar-refractivity contribution in [3.8, 4) is 0 Å². The maximum Gasteiger partial charge on any atom is 0.166 e. The first-order chi connectivity index (χ1) is 10.2. The molecule has 4 rings (SSSR count). The summed E-state index contributed by atoms with van der Waals surface area (Å²) in [6.07, 6.45) is 2.26. The normalized spacial score (nSPS) is 25.9. The maximum atomic E-state index is 12.8. The molecule has 2 aromatic rings. The number of Topliss-reactive ketones (excluding diaryl/α,β-unsaturated/α-hetero) is 1. The van der Waals surface area contributed by atoms with Gasteiger partial charge in [-0.1, -0.05) is 24.3 Å². The second-order valence-electron chi connectivity index (χ2n) is 6.39. The molecule has 0 heterocycles. The summed E-state index contributed by atoms with van der Waals surface area (Å²) in [5.41, 5.74) is 11.2. The molecule has 0 saturated heterocycles. The van der Waals surface area contributed by atoms with Gasteiger partial charge in [-0.05, 0) is 66.5 Å². The number of nitrogen functional groups attached to an aromatic ring is 1. The van der Waals surface area contributed by atoms with E-state index in [1.807, 2.05) is 25.1 Å². The fraction of sp³-hybridized carbons (Fsp3) is 0.316. The molecule has 0 amide bonds. The Balaban J connectivity index is 1.65. The van der Waals surface area contributed by atoms with Crippen LogP contribution in [0.2, 0.25) is 0 Å². The Bertz CT molecular complexity index is 734. The van der Waals surface area contributed by atoms with Crippen LogP contribution in [0.5, 0.6) is 0 Å². The molecular weight excluding hydrogens is 258 g/mol. The average molecular weight is 277 g/mol. The lowest BCUT2D eigenvalue weighted by molar-refractivity contribution is 0.0959. The van der Waals surface area contributed by atoms with Crippen molar-refractivity contribution < 1.29 is 4.79 Å². The van der Waals surface area contributed by atoms with Crippen molar-refractivity contribution in [3.05, 3.63) is 64.7 Å². The van der Waals surface area contributed by atoms with Crippen LogP contribution >= 0.6 is 0 Å². The number of rotatable bonds is 2. The minimum Gasteiger partial charge on any atom is -0.399 e. The van der Waals surface area contributed by atoms with Crippen molar-refractivity contribution in [2.75, 3.05) is 5.73 Å². The van der Waals surface area contributed by atoms with Gasteiger partial charge in [0.2, 0.25) is 0 Å². The minimum atomic E-state index is 0.177. The Labute approximate surface area is 125 Å². The third-order valence-electron chi connectivity index (χ3n) is 5.19. The molecule has 1 saturated carbocycles. The molecule has 2 aliphatic rings. The molecule has 2 heteroatoms. The highest BCUT2D eigenvalue weighted by atomic mass is 16.1. The highest BCUT2D eigenvalue weighted by Gasteiger charge is 2.56. The van der Waals surface area contributed by atoms with E-state index in [1.165, 1.54) is 11.1 Å². The number of fused-ring (bicyclic) bond motifs is 3. The van der Waals surface area contributed by atoms with Gasteiger partial charge in [-0.25, -0.2) is 0 Å². The van der Waals surface area contributed by atoms with Crippen molar-refractivity contribution >= 4 is 11.5 Å². The molecule has 106 valence electrons. The van der Waals surface area contributed by atoms with Crippen LogP contribution in [0.15, 0.2) is 42.5 Å². The first kappa shape index (κ1) is 12.6. The zero-order valence-electron chi connectivity index (χ0n) is 12.2. The zero-order valence-corrected chi connectivity index (χ0v) is 12.2. The molecule has 0 aliphatic heterocycles. The van der Waals surface area contributed by atoms with Gasteiger partial charge in [-0.15, -0.1) is 0 Å². The lowest BCUT2D eigenvalue weighted by Crippen LogP contribution is -2.05. The summed E-state index contributed by atoms with van der Waals surface area (Å²) < 4.78 is 0. The highest BCUT2D eigenvalue weighted by Crippen LogP contribution is 2.60. The minimum absolute atomic E-state index is 0.177. The van der Waals surface area contributed by atoms with E-state index in [0.717, 1.165) is 29.7 Å². The monoisotopic (exact) mass is 277 g/mol. The van der Waals surface area contributed by atoms with Crippen LogP contribution in [0, 0.1) is 18.8 Å². The molecule has 2 aliphatic carbocycles. The fourth-order valence-corrected chi connectivity index (χ4v) is 3.95. The topological polar surface area (TPSA) is 43.1 Å². The number of hydrogen-bond donors (Lipinski definition) is 1. The number of anilines is 1. The van der Waals surface area contributed by atoms with Gasteiger partial charge in [0.05, 0.1) is 0 Å². The average Bonchev–Trinajstić information content (AvgIpc) is 3.24. The summed E-state index contributed by atoms with van der Waals surface area (Å²) >= 11 is 0. The first-order valence-electron chi connectivity index (χ1n) is 7.65. The molecular formula is C19H19NO. The van der Waals surface area contributed by atoms with E-state index in [2.05, 4.69) is 24.3 Å². The van der Waals surface area contributed by atoms with Crippen LogP contribution in [0.3, 0.4) is 0 Å². The van der Waals surface area contributed by atoms with Crippen molar-refractivity contribution in [1.82, 2.24) is 0 Å². The Kier molecular flexibility index (Phi) is 2.68. The second-order valence-corrected chi connectivity index (χ2v) is 6.39. The van der Waals surface area contributed by atoms with E-state index in [-0.39, 0.29) is 5.92 Å². The number of nitrogens with two attached hydrogens (primary N) is 1.